The maximum atomic E-state index is 9.92. The Balaban J connectivity index is 1.81. The number of benzene rings is 1. The molecule has 2 atom stereocenters. The van der Waals surface area contributed by atoms with Gasteiger partial charge < -0.3 is 10.4 Å². The number of fused-ring (bicyclic) bond motifs is 1. The van der Waals surface area contributed by atoms with E-state index in [9.17, 15) is 5.11 Å². The van der Waals surface area contributed by atoms with Crippen molar-refractivity contribution in [2.24, 2.45) is 0 Å². The number of aromatic hydroxyl groups is 1. The Bertz CT molecular complexity index is 610. The summed E-state index contributed by atoms with van der Waals surface area (Å²) in [5.74, 6) is 0.430. The molecule has 1 heterocycles. The molecular weight excluding hydrogens is 290 g/mol. The van der Waals surface area contributed by atoms with Gasteiger partial charge in [0, 0.05) is 17.0 Å². The first kappa shape index (κ1) is 13.9. The highest BCUT2D eigenvalue weighted by atomic mass is 35.5. The fourth-order valence-electron chi connectivity index (χ4n) is 2.97. The van der Waals surface area contributed by atoms with E-state index in [4.69, 9.17) is 11.6 Å². The molecule has 0 amide bonds. The highest BCUT2D eigenvalue weighted by Crippen LogP contribution is 2.39. The zero-order chi connectivity index (χ0) is 14.1. The standard InChI is InChI=1S/C16H18ClNOS/c1-2-12(15-8-9-16(17)20-15)18-13-7-6-11-10(13)4-3-5-14(11)19/h3-5,8-9,12-13,18-19H,2,6-7H2,1H3/t12-,13+/m0/s1. The first-order valence-electron chi connectivity index (χ1n) is 7.01. The van der Waals surface area contributed by atoms with Crippen LogP contribution >= 0.6 is 22.9 Å². The Morgan fingerprint density at radius 3 is 2.95 bits per heavy atom. The predicted octanol–water partition coefficient (Wildman–Crippen LogP) is 4.84. The number of hydrogen-bond acceptors (Lipinski definition) is 3. The van der Waals surface area contributed by atoms with Gasteiger partial charge in [0.25, 0.3) is 0 Å². The molecule has 0 bridgehead atoms. The van der Waals surface area contributed by atoms with E-state index in [1.54, 1.807) is 17.4 Å². The number of thiophene rings is 1. The summed E-state index contributed by atoms with van der Waals surface area (Å²) in [6, 6.07) is 10.5. The number of hydrogen-bond donors (Lipinski definition) is 2. The van der Waals surface area contributed by atoms with E-state index in [0.29, 0.717) is 17.8 Å². The second-order valence-corrected chi connectivity index (χ2v) is 6.95. The summed E-state index contributed by atoms with van der Waals surface area (Å²) < 4.78 is 0.838. The van der Waals surface area contributed by atoms with Gasteiger partial charge in [0.2, 0.25) is 0 Å². The summed E-state index contributed by atoms with van der Waals surface area (Å²) in [7, 11) is 0. The molecule has 1 aliphatic carbocycles. The predicted molar refractivity (Wildman–Crippen MR) is 84.7 cm³/mol. The minimum atomic E-state index is 0.322. The van der Waals surface area contributed by atoms with E-state index in [-0.39, 0.29) is 0 Å². The molecule has 1 aromatic carbocycles. The molecule has 0 aliphatic heterocycles. The number of phenols is 1. The maximum Gasteiger partial charge on any atom is 0.119 e. The van der Waals surface area contributed by atoms with Crippen LogP contribution in [0.15, 0.2) is 30.3 Å². The lowest BCUT2D eigenvalue weighted by Gasteiger charge is -2.22. The van der Waals surface area contributed by atoms with Crippen molar-refractivity contribution in [3.05, 3.63) is 50.7 Å². The van der Waals surface area contributed by atoms with Crippen LogP contribution in [0.25, 0.3) is 0 Å². The van der Waals surface area contributed by atoms with Gasteiger partial charge in [-0.05, 0) is 48.6 Å². The van der Waals surface area contributed by atoms with Crippen LogP contribution in [-0.4, -0.2) is 5.11 Å². The Morgan fingerprint density at radius 1 is 1.40 bits per heavy atom. The number of rotatable bonds is 4. The van der Waals surface area contributed by atoms with E-state index in [1.165, 1.54) is 10.4 Å². The number of halogens is 1. The summed E-state index contributed by atoms with van der Waals surface area (Å²) in [4.78, 5) is 1.28. The third-order valence-electron chi connectivity index (χ3n) is 3.99. The molecule has 1 aliphatic rings. The van der Waals surface area contributed by atoms with Crippen molar-refractivity contribution < 1.29 is 5.11 Å². The van der Waals surface area contributed by atoms with Crippen molar-refractivity contribution >= 4 is 22.9 Å². The zero-order valence-electron chi connectivity index (χ0n) is 11.4. The summed E-state index contributed by atoms with van der Waals surface area (Å²) in [5.41, 5.74) is 2.34. The van der Waals surface area contributed by atoms with Crippen LogP contribution in [0.1, 0.15) is 47.9 Å². The van der Waals surface area contributed by atoms with Crippen molar-refractivity contribution in [2.75, 3.05) is 0 Å². The largest absolute Gasteiger partial charge is 0.508 e. The second kappa shape index (κ2) is 5.76. The monoisotopic (exact) mass is 307 g/mol. The van der Waals surface area contributed by atoms with Crippen LogP contribution < -0.4 is 5.32 Å². The van der Waals surface area contributed by atoms with Crippen LogP contribution in [0.3, 0.4) is 0 Å². The van der Waals surface area contributed by atoms with Crippen molar-refractivity contribution in [3.63, 3.8) is 0 Å². The van der Waals surface area contributed by atoms with Gasteiger partial charge in [0.05, 0.1) is 4.34 Å². The molecule has 1 aromatic heterocycles. The van der Waals surface area contributed by atoms with Crippen LogP contribution in [0.2, 0.25) is 4.34 Å². The molecule has 0 saturated heterocycles. The molecule has 4 heteroatoms. The quantitative estimate of drug-likeness (QED) is 0.847. The second-order valence-electron chi connectivity index (χ2n) is 5.21. The van der Waals surface area contributed by atoms with Crippen molar-refractivity contribution in [1.82, 2.24) is 5.32 Å². The van der Waals surface area contributed by atoms with Gasteiger partial charge in [0.1, 0.15) is 5.75 Å². The molecule has 2 aromatic rings. The topological polar surface area (TPSA) is 32.3 Å². The Kier molecular flexibility index (Phi) is 4.01. The van der Waals surface area contributed by atoms with Crippen LogP contribution in [-0.2, 0) is 6.42 Å². The first-order valence-corrected chi connectivity index (χ1v) is 8.20. The molecule has 0 saturated carbocycles. The van der Waals surface area contributed by atoms with Crippen molar-refractivity contribution in [1.29, 1.82) is 0 Å². The average molecular weight is 308 g/mol. The SMILES string of the molecule is CC[C@H](N[C@@H]1CCc2c(O)cccc21)c1ccc(Cl)s1. The lowest BCUT2D eigenvalue weighted by atomic mass is 10.1. The molecule has 0 spiro atoms. The minimum absolute atomic E-state index is 0.322. The molecule has 0 fully saturated rings. The molecule has 2 N–H and O–H groups in total. The smallest absolute Gasteiger partial charge is 0.119 e. The maximum absolute atomic E-state index is 9.92. The lowest BCUT2D eigenvalue weighted by molar-refractivity contribution is 0.438. The number of phenolic OH excluding ortho intramolecular Hbond substituents is 1. The molecule has 3 rings (SSSR count). The van der Waals surface area contributed by atoms with Gasteiger partial charge in [-0.25, -0.2) is 0 Å². The van der Waals surface area contributed by atoms with Gasteiger partial charge in [-0.2, -0.15) is 0 Å². The molecule has 0 radical (unpaired) electrons. The Labute approximate surface area is 128 Å². The van der Waals surface area contributed by atoms with Crippen molar-refractivity contribution in [3.8, 4) is 5.75 Å². The fourth-order valence-corrected chi connectivity index (χ4v) is 4.17. The van der Waals surface area contributed by atoms with Gasteiger partial charge >= 0.3 is 0 Å². The van der Waals surface area contributed by atoms with Crippen LogP contribution in [0, 0.1) is 0 Å². The molecule has 2 nitrogen and oxygen atoms in total. The summed E-state index contributed by atoms with van der Waals surface area (Å²) in [6.07, 6.45) is 3.02. The highest BCUT2D eigenvalue weighted by molar-refractivity contribution is 7.16. The van der Waals surface area contributed by atoms with E-state index >= 15 is 0 Å². The third-order valence-corrected chi connectivity index (χ3v) is 5.34. The first-order chi connectivity index (χ1) is 9.69. The molecule has 0 unspecified atom stereocenters. The fraction of sp³-hybridized carbons (Fsp3) is 0.375. The zero-order valence-corrected chi connectivity index (χ0v) is 13.0. The van der Waals surface area contributed by atoms with E-state index in [1.807, 2.05) is 12.1 Å². The van der Waals surface area contributed by atoms with Crippen molar-refractivity contribution in [2.45, 2.75) is 38.3 Å². The van der Waals surface area contributed by atoms with E-state index in [0.717, 1.165) is 29.2 Å². The van der Waals surface area contributed by atoms with Crippen LogP contribution in [0.4, 0.5) is 0 Å². The van der Waals surface area contributed by atoms with Gasteiger partial charge in [-0.15, -0.1) is 11.3 Å². The van der Waals surface area contributed by atoms with E-state index < -0.39 is 0 Å². The van der Waals surface area contributed by atoms with Gasteiger partial charge in [0.15, 0.2) is 0 Å². The van der Waals surface area contributed by atoms with Gasteiger partial charge in [-0.3, -0.25) is 0 Å². The molecular formula is C16H18ClNOS. The summed E-state index contributed by atoms with van der Waals surface area (Å²) >= 11 is 7.68. The third kappa shape index (κ3) is 2.58. The lowest BCUT2D eigenvalue weighted by Crippen LogP contribution is -2.24. The normalized spacial score (nSPS) is 19.0. The average Bonchev–Trinajstić information content (AvgIpc) is 3.04. The van der Waals surface area contributed by atoms with Gasteiger partial charge in [-0.1, -0.05) is 30.7 Å². The van der Waals surface area contributed by atoms with E-state index in [2.05, 4.69) is 24.4 Å². The Hall–Kier alpha value is -1.03. The molecule has 20 heavy (non-hydrogen) atoms. The highest BCUT2D eigenvalue weighted by Gasteiger charge is 2.26. The minimum Gasteiger partial charge on any atom is -0.508 e. The summed E-state index contributed by atoms with van der Waals surface area (Å²) in [5, 5.41) is 13.6. The van der Waals surface area contributed by atoms with Crippen LogP contribution in [0.5, 0.6) is 5.75 Å². The summed E-state index contributed by atoms with van der Waals surface area (Å²) in [6.45, 7) is 2.18. The molecule has 106 valence electrons. The number of nitrogens with one attached hydrogen (secondary N) is 1. The Morgan fingerprint density at radius 2 is 2.25 bits per heavy atom.